The second-order valence-corrected chi connectivity index (χ2v) is 2.77. The summed E-state index contributed by atoms with van der Waals surface area (Å²) in [7, 11) is 0. The van der Waals surface area contributed by atoms with E-state index in [4.69, 9.17) is 6.42 Å². The van der Waals surface area contributed by atoms with Gasteiger partial charge in [0.2, 0.25) is 0 Å². The smallest absolute Gasteiger partial charge is 0.199 e. The van der Waals surface area contributed by atoms with Gasteiger partial charge in [0.05, 0.1) is 18.4 Å². The number of tetrazole rings is 1. The van der Waals surface area contributed by atoms with Crippen LogP contribution in [0, 0.1) is 12.3 Å². The van der Waals surface area contributed by atoms with Crippen LogP contribution in [0.2, 0.25) is 0 Å². The molecule has 2 aromatic heterocycles. The van der Waals surface area contributed by atoms with Gasteiger partial charge in [-0.1, -0.05) is 5.92 Å². The first-order valence-electron chi connectivity index (χ1n) is 4.06. The third-order valence-corrected chi connectivity index (χ3v) is 1.72. The van der Waals surface area contributed by atoms with Gasteiger partial charge in [-0.05, 0) is 17.4 Å². The molecule has 0 aliphatic heterocycles. The highest BCUT2D eigenvalue weighted by Crippen LogP contribution is 2.06. The quantitative estimate of drug-likeness (QED) is 0.669. The molecule has 6 nitrogen and oxygen atoms in total. The molecule has 6 heteroatoms. The first kappa shape index (κ1) is 8.44. The lowest BCUT2D eigenvalue weighted by molar-refractivity contribution is 0.815. The monoisotopic (exact) mass is 188 g/mol. The highest BCUT2D eigenvalue weighted by Gasteiger charge is 2.04. The molecule has 0 amide bonds. The molecule has 0 fully saturated rings. The number of hydrogen-bond acceptors (Lipinski definition) is 5. The van der Waals surface area contributed by atoms with E-state index >= 15 is 0 Å². The molecular formula is C8H8N6. The molecule has 1 unspecified atom stereocenters. The lowest BCUT2D eigenvalue weighted by atomic mass is 10.3. The molecule has 0 radical (unpaired) electrons. The van der Waals surface area contributed by atoms with Gasteiger partial charge in [-0.15, -0.1) is 11.5 Å². The lowest BCUT2D eigenvalue weighted by Gasteiger charge is -2.08. The molecule has 1 atom stereocenters. The van der Waals surface area contributed by atoms with Gasteiger partial charge in [0.15, 0.2) is 11.5 Å². The summed E-state index contributed by atoms with van der Waals surface area (Å²) in [4.78, 5) is 3.98. The second kappa shape index (κ2) is 3.30. The molecule has 0 saturated heterocycles. The number of aromatic nitrogens is 5. The zero-order valence-electron chi connectivity index (χ0n) is 7.55. The van der Waals surface area contributed by atoms with E-state index in [-0.39, 0.29) is 6.04 Å². The second-order valence-electron chi connectivity index (χ2n) is 2.77. The van der Waals surface area contributed by atoms with Crippen LogP contribution in [0.1, 0.15) is 6.92 Å². The van der Waals surface area contributed by atoms with Crippen molar-refractivity contribution in [2.75, 3.05) is 5.32 Å². The molecule has 0 aromatic carbocycles. The van der Waals surface area contributed by atoms with E-state index in [1.807, 2.05) is 6.92 Å². The van der Waals surface area contributed by atoms with Crippen LogP contribution in [-0.2, 0) is 0 Å². The van der Waals surface area contributed by atoms with Gasteiger partial charge in [-0.25, -0.2) is 0 Å². The van der Waals surface area contributed by atoms with E-state index in [0.717, 1.165) is 0 Å². The van der Waals surface area contributed by atoms with Crippen LogP contribution in [-0.4, -0.2) is 31.1 Å². The Bertz CT molecular complexity index is 482. The number of anilines is 1. The third kappa shape index (κ3) is 1.35. The van der Waals surface area contributed by atoms with Gasteiger partial charge in [-0.3, -0.25) is 4.98 Å². The van der Waals surface area contributed by atoms with E-state index < -0.39 is 0 Å². The number of nitrogens with one attached hydrogen (secondary N) is 1. The fraction of sp³-hybridized carbons (Fsp3) is 0.250. The topological polar surface area (TPSA) is 68.0 Å². The largest absolute Gasteiger partial charge is 0.355 e. The van der Waals surface area contributed by atoms with E-state index in [9.17, 15) is 0 Å². The standard InChI is InChI=1S/C8H8N6/c1-3-6(2)10-7-4-9-5-8-11-12-13-14(7)8/h1,4-6,10H,2H3. The molecular weight excluding hydrogens is 180 g/mol. The molecule has 14 heavy (non-hydrogen) atoms. The summed E-state index contributed by atoms with van der Waals surface area (Å²) in [6, 6.07) is -0.0911. The van der Waals surface area contributed by atoms with Crippen molar-refractivity contribution in [3.05, 3.63) is 12.4 Å². The Labute approximate surface area is 80.3 Å². The van der Waals surface area contributed by atoms with Crippen LogP contribution >= 0.6 is 0 Å². The van der Waals surface area contributed by atoms with Gasteiger partial charge < -0.3 is 5.32 Å². The predicted octanol–water partition coefficient (Wildman–Crippen LogP) is -0.0471. The average Bonchev–Trinajstić information content (AvgIpc) is 2.66. The van der Waals surface area contributed by atoms with E-state index in [0.29, 0.717) is 11.5 Å². The maximum Gasteiger partial charge on any atom is 0.199 e. The Hall–Kier alpha value is -2.16. The van der Waals surface area contributed by atoms with E-state index in [1.165, 1.54) is 0 Å². The van der Waals surface area contributed by atoms with Gasteiger partial charge in [-0.2, -0.15) is 4.52 Å². The normalized spacial score (nSPS) is 12.3. The van der Waals surface area contributed by atoms with Crippen LogP contribution in [0.3, 0.4) is 0 Å². The van der Waals surface area contributed by atoms with Crippen LogP contribution in [0.5, 0.6) is 0 Å². The Kier molecular flexibility index (Phi) is 1.99. The summed E-state index contributed by atoms with van der Waals surface area (Å²) in [6.45, 7) is 1.86. The maximum absolute atomic E-state index is 5.25. The Morgan fingerprint density at radius 1 is 1.57 bits per heavy atom. The summed E-state index contributed by atoms with van der Waals surface area (Å²) < 4.78 is 1.54. The van der Waals surface area contributed by atoms with E-state index in [2.05, 4.69) is 31.7 Å². The van der Waals surface area contributed by atoms with Gasteiger partial charge in [0.25, 0.3) is 0 Å². The maximum atomic E-state index is 5.25. The molecule has 0 saturated carbocycles. The summed E-state index contributed by atoms with van der Waals surface area (Å²) >= 11 is 0. The van der Waals surface area contributed by atoms with Crippen molar-refractivity contribution in [3.8, 4) is 12.3 Å². The Balaban J connectivity index is 2.42. The minimum Gasteiger partial charge on any atom is -0.355 e. The summed E-state index contributed by atoms with van der Waals surface area (Å²) in [5, 5.41) is 14.1. The molecule has 2 aromatic rings. The molecule has 0 spiro atoms. The van der Waals surface area contributed by atoms with Crippen molar-refractivity contribution in [1.82, 2.24) is 25.0 Å². The summed E-state index contributed by atoms with van der Waals surface area (Å²) in [5.41, 5.74) is 0.583. The van der Waals surface area contributed by atoms with Crippen molar-refractivity contribution in [1.29, 1.82) is 0 Å². The van der Waals surface area contributed by atoms with Crippen LogP contribution < -0.4 is 5.32 Å². The minimum absolute atomic E-state index is 0.0911. The van der Waals surface area contributed by atoms with Crippen molar-refractivity contribution in [3.63, 3.8) is 0 Å². The highest BCUT2D eigenvalue weighted by atomic mass is 15.5. The van der Waals surface area contributed by atoms with Gasteiger partial charge in [0, 0.05) is 0 Å². The van der Waals surface area contributed by atoms with Gasteiger partial charge in [0.1, 0.15) is 0 Å². The molecule has 0 aliphatic carbocycles. The zero-order valence-corrected chi connectivity index (χ0v) is 7.55. The molecule has 1 N–H and O–H groups in total. The van der Waals surface area contributed by atoms with Crippen LogP contribution in [0.4, 0.5) is 5.82 Å². The highest BCUT2D eigenvalue weighted by molar-refractivity contribution is 5.45. The molecule has 0 bridgehead atoms. The van der Waals surface area contributed by atoms with Crippen molar-refractivity contribution in [2.24, 2.45) is 0 Å². The number of hydrogen-bond donors (Lipinski definition) is 1. The van der Waals surface area contributed by atoms with E-state index in [1.54, 1.807) is 16.9 Å². The first-order valence-corrected chi connectivity index (χ1v) is 4.06. The van der Waals surface area contributed by atoms with Gasteiger partial charge >= 0.3 is 0 Å². The fourth-order valence-electron chi connectivity index (χ4n) is 1.04. The number of rotatable bonds is 2. The number of fused-ring (bicyclic) bond motifs is 1. The average molecular weight is 188 g/mol. The lowest BCUT2D eigenvalue weighted by Crippen LogP contribution is -2.15. The molecule has 0 aliphatic rings. The number of nitrogens with zero attached hydrogens (tertiary/aromatic N) is 5. The molecule has 2 rings (SSSR count). The van der Waals surface area contributed by atoms with Crippen molar-refractivity contribution in [2.45, 2.75) is 13.0 Å². The first-order chi connectivity index (χ1) is 6.81. The predicted molar refractivity (Wildman–Crippen MR) is 50.5 cm³/mol. The third-order valence-electron chi connectivity index (χ3n) is 1.72. The zero-order chi connectivity index (χ0) is 9.97. The number of terminal acetylenes is 1. The Morgan fingerprint density at radius 3 is 3.21 bits per heavy atom. The minimum atomic E-state index is -0.0911. The Morgan fingerprint density at radius 2 is 2.43 bits per heavy atom. The molecule has 2 heterocycles. The SMILES string of the molecule is C#CC(C)Nc1cncc2nnnn12. The molecule has 70 valence electrons. The van der Waals surface area contributed by atoms with Crippen LogP contribution in [0.15, 0.2) is 12.4 Å². The van der Waals surface area contributed by atoms with Crippen molar-refractivity contribution >= 4 is 11.5 Å². The summed E-state index contributed by atoms with van der Waals surface area (Å²) in [5.74, 6) is 3.23. The van der Waals surface area contributed by atoms with Crippen molar-refractivity contribution < 1.29 is 0 Å². The summed E-state index contributed by atoms with van der Waals surface area (Å²) in [6.07, 6.45) is 8.44. The fourth-order valence-corrected chi connectivity index (χ4v) is 1.04. The van der Waals surface area contributed by atoms with Crippen LogP contribution in [0.25, 0.3) is 5.65 Å².